The first-order valence-electron chi connectivity index (χ1n) is 9.95. The van der Waals surface area contributed by atoms with E-state index in [0.717, 1.165) is 21.0 Å². The number of thiophene rings is 2. The molecule has 3 heterocycles. The number of hydrogen-bond donors (Lipinski definition) is 0. The maximum atomic E-state index is 12.9. The molecule has 1 atom stereocenters. The quantitative estimate of drug-likeness (QED) is 0.455. The second-order valence-corrected chi connectivity index (χ2v) is 9.03. The highest BCUT2D eigenvalue weighted by molar-refractivity contribution is 7.12. The fourth-order valence-electron chi connectivity index (χ4n) is 3.32. The molecule has 0 N–H and O–H groups in total. The van der Waals surface area contributed by atoms with Crippen LogP contribution in [0.5, 0.6) is 11.5 Å². The lowest BCUT2D eigenvalue weighted by Crippen LogP contribution is -2.31. The van der Waals surface area contributed by atoms with Crippen molar-refractivity contribution in [3.8, 4) is 11.5 Å². The van der Waals surface area contributed by atoms with Crippen LogP contribution in [0.15, 0.2) is 58.3 Å². The molecule has 1 aliphatic heterocycles. The molecule has 0 saturated carbocycles. The summed E-state index contributed by atoms with van der Waals surface area (Å²) in [7, 11) is 1.53. The van der Waals surface area contributed by atoms with Crippen LogP contribution in [-0.4, -0.2) is 42.9 Å². The maximum absolute atomic E-state index is 12.9. The van der Waals surface area contributed by atoms with Gasteiger partial charge < -0.3 is 14.2 Å². The van der Waals surface area contributed by atoms with E-state index >= 15 is 0 Å². The lowest BCUT2D eigenvalue weighted by molar-refractivity contribution is -0.154. The second kappa shape index (κ2) is 9.97. The predicted octanol–water partition coefficient (Wildman–Crippen LogP) is 4.43. The van der Waals surface area contributed by atoms with Crippen LogP contribution < -0.4 is 9.47 Å². The Morgan fingerprint density at radius 1 is 1.09 bits per heavy atom. The van der Waals surface area contributed by atoms with Gasteiger partial charge in [0.25, 0.3) is 5.91 Å². The van der Waals surface area contributed by atoms with Gasteiger partial charge in [0.1, 0.15) is 0 Å². The smallest absolute Gasteiger partial charge is 0.344 e. The molecule has 4 rings (SSSR count). The predicted molar refractivity (Wildman–Crippen MR) is 124 cm³/mol. The van der Waals surface area contributed by atoms with E-state index in [4.69, 9.17) is 14.2 Å². The highest BCUT2D eigenvalue weighted by Gasteiger charge is 2.34. The van der Waals surface area contributed by atoms with Gasteiger partial charge in [-0.15, -0.1) is 22.7 Å². The Morgan fingerprint density at radius 3 is 2.62 bits per heavy atom. The molecule has 0 radical (unpaired) electrons. The third-order valence-corrected chi connectivity index (χ3v) is 6.76. The van der Waals surface area contributed by atoms with Crippen LogP contribution >= 0.6 is 22.7 Å². The van der Waals surface area contributed by atoms with E-state index in [9.17, 15) is 9.59 Å². The molecule has 1 amide bonds. The van der Waals surface area contributed by atoms with Crippen LogP contribution in [0.25, 0.3) is 0 Å². The Bertz CT molecular complexity index is 1110. The normalized spacial score (nSPS) is 15.4. The van der Waals surface area contributed by atoms with Gasteiger partial charge in [-0.3, -0.25) is 4.79 Å². The first-order valence-corrected chi connectivity index (χ1v) is 11.7. The summed E-state index contributed by atoms with van der Waals surface area (Å²) in [6, 6.07) is 13.1. The topological polar surface area (TPSA) is 77.4 Å². The number of rotatable bonds is 8. The average molecular weight is 471 g/mol. The van der Waals surface area contributed by atoms with E-state index in [1.807, 2.05) is 54.1 Å². The molecule has 2 aromatic heterocycles. The number of aryl methyl sites for hydroxylation is 1. The van der Waals surface area contributed by atoms with Crippen molar-refractivity contribution in [1.29, 1.82) is 0 Å². The van der Waals surface area contributed by atoms with Crippen LogP contribution in [-0.2, 0) is 14.3 Å². The van der Waals surface area contributed by atoms with Crippen molar-refractivity contribution >= 4 is 40.3 Å². The second-order valence-electron chi connectivity index (χ2n) is 7.10. The van der Waals surface area contributed by atoms with Crippen LogP contribution in [0.1, 0.15) is 27.8 Å². The number of hydrogen-bond acceptors (Lipinski definition) is 8. The largest absolute Gasteiger partial charge is 0.493 e. The van der Waals surface area contributed by atoms with Gasteiger partial charge in [-0.2, -0.15) is 5.10 Å². The number of benzene rings is 1. The monoisotopic (exact) mass is 470 g/mol. The fourth-order valence-corrected chi connectivity index (χ4v) is 4.85. The summed E-state index contributed by atoms with van der Waals surface area (Å²) >= 11 is 3.15. The zero-order valence-corrected chi connectivity index (χ0v) is 19.3. The van der Waals surface area contributed by atoms with Gasteiger partial charge in [-0.05, 0) is 47.5 Å². The molecule has 0 saturated heterocycles. The summed E-state index contributed by atoms with van der Waals surface area (Å²) in [6.07, 6.45) is 0.622. The van der Waals surface area contributed by atoms with Gasteiger partial charge in [0.2, 0.25) is 0 Å². The lowest BCUT2D eigenvalue weighted by Gasteiger charge is -2.20. The first-order chi connectivity index (χ1) is 15.5. The number of carbonyl (C=O) groups excluding carboxylic acids is 2. The standard InChI is InChI=1S/C23H22N2O5S2/c1-15-7-8-18(19(11-15)28-2)29-14-23(27)30-13-22(26)25-17(21-6-4-10-32-21)12-16(24-25)20-5-3-9-31-20/h3-11,17H,12-14H2,1-2H3. The Labute approximate surface area is 193 Å². The Balaban J connectivity index is 1.37. The molecule has 9 heteroatoms. The van der Waals surface area contributed by atoms with E-state index in [1.54, 1.807) is 28.7 Å². The van der Waals surface area contributed by atoms with Crippen LogP contribution in [0.3, 0.4) is 0 Å². The highest BCUT2D eigenvalue weighted by Crippen LogP contribution is 2.36. The van der Waals surface area contributed by atoms with Crippen molar-refractivity contribution in [2.45, 2.75) is 19.4 Å². The number of carbonyl (C=O) groups is 2. The molecule has 0 fully saturated rings. The Kier molecular flexibility index (Phi) is 6.87. The zero-order valence-electron chi connectivity index (χ0n) is 17.6. The van der Waals surface area contributed by atoms with Crippen molar-refractivity contribution in [3.05, 3.63) is 68.5 Å². The average Bonchev–Trinajstić information content (AvgIpc) is 3.56. The van der Waals surface area contributed by atoms with Crippen molar-refractivity contribution < 1.29 is 23.8 Å². The SMILES string of the molecule is COc1cc(C)ccc1OCC(=O)OCC(=O)N1N=C(c2cccs2)CC1c1cccs1. The van der Waals surface area contributed by atoms with Gasteiger partial charge >= 0.3 is 5.97 Å². The molecule has 0 bridgehead atoms. The molecule has 1 aliphatic rings. The third-order valence-electron chi connectivity index (χ3n) is 4.86. The number of hydrazone groups is 1. The highest BCUT2D eigenvalue weighted by atomic mass is 32.1. The summed E-state index contributed by atoms with van der Waals surface area (Å²) in [6.45, 7) is 1.20. The van der Waals surface area contributed by atoms with Gasteiger partial charge in [0.05, 0.1) is 23.7 Å². The van der Waals surface area contributed by atoms with Gasteiger partial charge in [0.15, 0.2) is 24.7 Å². The summed E-state index contributed by atoms with van der Waals surface area (Å²) in [5, 5.41) is 9.93. The van der Waals surface area contributed by atoms with E-state index < -0.39 is 12.6 Å². The van der Waals surface area contributed by atoms with Crippen molar-refractivity contribution in [2.75, 3.05) is 20.3 Å². The van der Waals surface area contributed by atoms with Gasteiger partial charge in [-0.1, -0.05) is 18.2 Å². The number of methoxy groups -OCH3 is 1. The van der Waals surface area contributed by atoms with E-state index in [-0.39, 0.29) is 18.6 Å². The molecule has 1 unspecified atom stereocenters. The molecule has 7 nitrogen and oxygen atoms in total. The fraction of sp³-hybridized carbons (Fsp3) is 0.261. The minimum Gasteiger partial charge on any atom is -0.493 e. The van der Waals surface area contributed by atoms with Crippen molar-refractivity contribution in [3.63, 3.8) is 0 Å². The molecular weight excluding hydrogens is 448 g/mol. The zero-order chi connectivity index (χ0) is 22.5. The van der Waals surface area contributed by atoms with Crippen molar-refractivity contribution in [2.24, 2.45) is 5.10 Å². The summed E-state index contributed by atoms with van der Waals surface area (Å²) in [5.41, 5.74) is 1.86. The molecular formula is C23H22N2O5S2. The molecule has 3 aromatic rings. The van der Waals surface area contributed by atoms with E-state index in [0.29, 0.717) is 17.9 Å². The minimum atomic E-state index is -0.643. The van der Waals surface area contributed by atoms with Gasteiger partial charge in [0, 0.05) is 11.3 Å². The molecule has 32 heavy (non-hydrogen) atoms. The van der Waals surface area contributed by atoms with Crippen molar-refractivity contribution in [1.82, 2.24) is 5.01 Å². The van der Waals surface area contributed by atoms with Crippen LogP contribution in [0.4, 0.5) is 0 Å². The maximum Gasteiger partial charge on any atom is 0.344 e. The number of amides is 1. The first kappa shape index (κ1) is 22.0. The van der Waals surface area contributed by atoms with E-state index in [2.05, 4.69) is 5.10 Å². The lowest BCUT2D eigenvalue weighted by atomic mass is 10.1. The van der Waals surface area contributed by atoms with Gasteiger partial charge in [-0.25, -0.2) is 9.80 Å². The molecule has 0 spiro atoms. The summed E-state index contributed by atoms with van der Waals surface area (Å²) in [4.78, 5) is 27.1. The molecule has 166 valence electrons. The Morgan fingerprint density at radius 2 is 1.91 bits per heavy atom. The van der Waals surface area contributed by atoms with E-state index in [1.165, 1.54) is 12.1 Å². The Hall–Kier alpha value is -3.17. The van der Waals surface area contributed by atoms with Crippen LogP contribution in [0.2, 0.25) is 0 Å². The number of ether oxygens (including phenoxy) is 3. The van der Waals surface area contributed by atoms with Crippen LogP contribution in [0, 0.1) is 6.92 Å². The number of nitrogens with zero attached hydrogens (tertiary/aromatic N) is 2. The minimum absolute atomic E-state index is 0.202. The third kappa shape index (κ3) is 5.00. The summed E-state index contributed by atoms with van der Waals surface area (Å²) in [5.74, 6) is -0.0597. The number of esters is 1. The molecule has 1 aromatic carbocycles. The summed E-state index contributed by atoms with van der Waals surface area (Å²) < 4.78 is 15.9. The molecule has 0 aliphatic carbocycles.